The number of unbranched alkanes of at least 4 members (excludes halogenated alkanes) is 3. The number of hydrogen-bond donors (Lipinski definition) is 0. The number of nitrogens with zero attached hydrogens (tertiary/aromatic N) is 1. The van der Waals surface area contributed by atoms with E-state index in [0.29, 0.717) is 14.5 Å². The fourth-order valence-corrected chi connectivity index (χ4v) is 31.4. The molecule has 0 unspecified atom stereocenters. The molecule has 1 nitrogen and oxygen atoms in total. The number of para-hydroxylation sites is 2. The molecule has 0 saturated carbocycles. The van der Waals surface area contributed by atoms with Gasteiger partial charge < -0.3 is 0 Å². The number of hydrogen-bond acceptors (Lipinski definition) is 1. The molecule has 2 heterocycles. The molecule has 3 aromatic rings. The van der Waals surface area contributed by atoms with Crippen molar-refractivity contribution in [3.8, 4) is 0 Å². The van der Waals surface area contributed by atoms with Gasteiger partial charge in [0.05, 0.1) is 0 Å². The molecule has 0 N–H and O–H groups in total. The minimum atomic E-state index is -2.37. The maximum atomic E-state index is 2.64. The number of benzene rings is 2. The molecule has 0 atom stereocenters. The van der Waals surface area contributed by atoms with Gasteiger partial charge in [0.2, 0.25) is 0 Å². The van der Waals surface area contributed by atoms with Crippen LogP contribution in [0.3, 0.4) is 0 Å². The van der Waals surface area contributed by atoms with Gasteiger partial charge in [0.1, 0.15) is 0 Å². The summed E-state index contributed by atoms with van der Waals surface area (Å²) in [4.78, 5) is 2.63. The molecule has 4 rings (SSSR count). The second-order valence-electron chi connectivity index (χ2n) is 10.7. The predicted molar refractivity (Wildman–Crippen MR) is 155 cm³/mol. The van der Waals surface area contributed by atoms with Gasteiger partial charge in [-0.2, -0.15) is 0 Å². The van der Waals surface area contributed by atoms with Crippen LogP contribution in [0.15, 0.2) is 60.7 Å². The third-order valence-electron chi connectivity index (χ3n) is 8.00. The van der Waals surface area contributed by atoms with Gasteiger partial charge in [-0.3, -0.25) is 0 Å². The summed E-state index contributed by atoms with van der Waals surface area (Å²) >= 11 is -1.92. The van der Waals surface area contributed by atoms with Gasteiger partial charge in [0, 0.05) is 0 Å². The fraction of sp³-hybridized carbons (Fsp3) is 0.484. The molecule has 34 heavy (non-hydrogen) atoms. The average molecular weight is 627 g/mol. The third kappa shape index (κ3) is 4.97. The molecular formula is C31H43NSeSn. The van der Waals surface area contributed by atoms with Crippen LogP contribution in [-0.4, -0.2) is 32.9 Å². The Kier molecular flexibility index (Phi) is 8.75. The molecule has 1 aliphatic rings. The van der Waals surface area contributed by atoms with E-state index in [-0.39, 0.29) is 5.41 Å². The van der Waals surface area contributed by atoms with Crippen molar-refractivity contribution in [1.29, 1.82) is 0 Å². The van der Waals surface area contributed by atoms with E-state index >= 15 is 0 Å². The van der Waals surface area contributed by atoms with Gasteiger partial charge in [-0.25, -0.2) is 0 Å². The van der Waals surface area contributed by atoms with Crippen LogP contribution in [0.25, 0.3) is 0 Å². The standard InChI is InChI=1S/C19H16NSe.3C4H9.Sn/c1-19(2)14-8-3-5-10-16(14)20(18-12-7-13-21-18)17-11-6-4-9-15(17)19;3*1-3-4-2;/h3-12H,1-2H3;3*1,3-4H2,2H3;. The van der Waals surface area contributed by atoms with Crippen LogP contribution in [0.1, 0.15) is 84.3 Å². The Morgan fingerprint density at radius 2 is 1.15 bits per heavy atom. The zero-order valence-corrected chi connectivity index (χ0v) is 26.6. The van der Waals surface area contributed by atoms with E-state index in [0.717, 1.165) is 0 Å². The first-order valence-electron chi connectivity index (χ1n) is 13.6. The van der Waals surface area contributed by atoms with Crippen LogP contribution >= 0.6 is 0 Å². The van der Waals surface area contributed by atoms with Crippen molar-refractivity contribution in [3.05, 3.63) is 71.8 Å². The predicted octanol–water partition coefficient (Wildman–Crippen LogP) is 8.91. The van der Waals surface area contributed by atoms with Crippen LogP contribution in [0, 0.1) is 0 Å². The summed E-state index contributed by atoms with van der Waals surface area (Å²) in [5, 5.41) is 0. The Hall–Kier alpha value is -0.962. The zero-order valence-electron chi connectivity index (χ0n) is 22.0. The van der Waals surface area contributed by atoms with Crippen molar-refractivity contribution >= 4 is 51.3 Å². The maximum absolute atomic E-state index is 2.64. The molecule has 1 aliphatic heterocycles. The van der Waals surface area contributed by atoms with E-state index in [1.807, 2.05) is 2.45 Å². The molecule has 0 saturated heterocycles. The first-order valence-corrected chi connectivity index (χ1v) is 22.8. The number of anilines is 3. The summed E-state index contributed by atoms with van der Waals surface area (Å²) in [5.41, 5.74) is 5.72. The third-order valence-corrected chi connectivity index (χ3v) is 32.1. The van der Waals surface area contributed by atoms with E-state index in [1.165, 1.54) is 61.0 Å². The van der Waals surface area contributed by atoms with Crippen LogP contribution in [0.5, 0.6) is 0 Å². The van der Waals surface area contributed by atoms with Gasteiger partial charge in [0.25, 0.3) is 0 Å². The van der Waals surface area contributed by atoms with E-state index in [1.54, 1.807) is 17.9 Å². The molecule has 0 bridgehead atoms. The molecule has 0 spiro atoms. The van der Waals surface area contributed by atoms with Gasteiger partial charge in [-0.15, -0.1) is 0 Å². The summed E-state index contributed by atoms with van der Waals surface area (Å²) in [6.45, 7) is 11.9. The minimum absolute atomic E-state index is 0.0263. The van der Waals surface area contributed by atoms with Crippen molar-refractivity contribution in [1.82, 2.24) is 0 Å². The van der Waals surface area contributed by atoms with Gasteiger partial charge in [0.15, 0.2) is 0 Å². The topological polar surface area (TPSA) is 3.24 Å². The monoisotopic (exact) mass is 629 g/mol. The van der Waals surface area contributed by atoms with Crippen LogP contribution in [0.4, 0.5) is 15.9 Å². The average Bonchev–Trinajstić information content (AvgIpc) is 3.34. The number of fused-ring (bicyclic) bond motifs is 2. The molecular weight excluding hydrogens is 584 g/mol. The van der Waals surface area contributed by atoms with Gasteiger partial charge >= 0.3 is 220 Å². The first kappa shape index (κ1) is 26.1. The second kappa shape index (κ2) is 11.4. The summed E-state index contributed by atoms with van der Waals surface area (Å²) in [6, 6.07) is 23.4. The van der Waals surface area contributed by atoms with Gasteiger partial charge in [-0.1, -0.05) is 0 Å². The van der Waals surface area contributed by atoms with E-state index in [4.69, 9.17) is 0 Å². The zero-order chi connectivity index (χ0) is 24.2. The van der Waals surface area contributed by atoms with Crippen LogP contribution in [0.2, 0.25) is 13.3 Å². The molecule has 182 valence electrons. The summed E-state index contributed by atoms with van der Waals surface area (Å²) in [6.07, 6.45) is 8.36. The van der Waals surface area contributed by atoms with E-state index in [9.17, 15) is 0 Å². The summed E-state index contributed by atoms with van der Waals surface area (Å²) in [7, 11) is 0. The van der Waals surface area contributed by atoms with Gasteiger partial charge in [-0.05, 0) is 0 Å². The first-order chi connectivity index (χ1) is 16.5. The summed E-state index contributed by atoms with van der Waals surface area (Å²) in [5.74, 6) is 0. The Morgan fingerprint density at radius 3 is 1.62 bits per heavy atom. The number of rotatable bonds is 11. The molecule has 0 amide bonds. The molecule has 1 aromatic heterocycles. The van der Waals surface area contributed by atoms with Crippen molar-refractivity contribution in [2.24, 2.45) is 0 Å². The van der Waals surface area contributed by atoms with Crippen molar-refractivity contribution in [2.45, 2.75) is 91.9 Å². The quantitative estimate of drug-likeness (QED) is 0.192. The normalized spacial score (nSPS) is 14.7. The fourth-order valence-electron chi connectivity index (χ4n) is 5.93. The molecule has 0 aliphatic carbocycles. The second-order valence-corrected chi connectivity index (χ2v) is 28.4. The van der Waals surface area contributed by atoms with Crippen LogP contribution < -0.4 is 7.35 Å². The van der Waals surface area contributed by atoms with Crippen molar-refractivity contribution < 1.29 is 0 Å². The molecule has 3 heteroatoms. The summed E-state index contributed by atoms with van der Waals surface area (Å²) < 4.78 is 8.23. The van der Waals surface area contributed by atoms with Crippen LogP contribution in [-0.2, 0) is 5.41 Å². The Bertz CT molecular complexity index is 1010. The molecule has 2 aromatic carbocycles. The Balaban J connectivity index is 1.81. The van der Waals surface area contributed by atoms with Crippen molar-refractivity contribution in [3.63, 3.8) is 0 Å². The Morgan fingerprint density at radius 1 is 0.676 bits per heavy atom. The van der Waals surface area contributed by atoms with E-state index < -0.39 is 18.4 Å². The SMILES string of the molecule is CCC[CH2][Sn]([CH2]CCC)([CH2]CCC)[c]1ccc(N2c3ccccc3C(C)(C)c3ccccc32)[se]1. The Labute approximate surface area is 218 Å². The molecule has 0 fully saturated rings. The van der Waals surface area contributed by atoms with Crippen molar-refractivity contribution in [2.75, 3.05) is 4.90 Å². The van der Waals surface area contributed by atoms with E-state index in [2.05, 4.69) is 100 Å². The molecule has 0 radical (unpaired) electrons.